The van der Waals surface area contributed by atoms with Crippen LogP contribution in [0.15, 0.2) is 33.9 Å². The van der Waals surface area contributed by atoms with E-state index in [1.54, 1.807) is 0 Å². The van der Waals surface area contributed by atoms with Gasteiger partial charge in [0.2, 0.25) is 11.8 Å². The van der Waals surface area contributed by atoms with Gasteiger partial charge in [-0.2, -0.15) is 0 Å². The molecule has 7 nitrogen and oxygen atoms in total. The van der Waals surface area contributed by atoms with Gasteiger partial charge in [-0.05, 0) is 25.0 Å². The largest absolute Gasteiger partial charge is 0.467 e. The molecule has 8 heteroatoms. The molecule has 1 N–H and O–H groups in total. The Kier molecular flexibility index (Phi) is 7.20. The van der Waals surface area contributed by atoms with Crippen LogP contribution in [0.1, 0.15) is 25.8 Å². The van der Waals surface area contributed by atoms with Crippen LogP contribution < -0.4 is 5.32 Å². The van der Waals surface area contributed by atoms with Crippen LogP contribution in [0, 0.1) is 12.8 Å². The Labute approximate surface area is 156 Å². The number of carbonyl (C=O) groups is 2. The van der Waals surface area contributed by atoms with Crippen molar-refractivity contribution in [3.8, 4) is 11.5 Å². The third-order valence-electron chi connectivity index (χ3n) is 4.02. The van der Waals surface area contributed by atoms with E-state index in [-0.39, 0.29) is 17.6 Å². The molecule has 0 aliphatic rings. The van der Waals surface area contributed by atoms with E-state index >= 15 is 0 Å². The molecule has 0 radical (unpaired) electrons. The smallest absolute Gasteiger partial charge is 0.328 e. The Hall–Kier alpha value is -2.35. The molecule has 0 saturated carbocycles. The van der Waals surface area contributed by atoms with Gasteiger partial charge >= 0.3 is 5.97 Å². The van der Waals surface area contributed by atoms with Crippen molar-refractivity contribution in [3.63, 3.8) is 0 Å². The van der Waals surface area contributed by atoms with Gasteiger partial charge in [-0.15, -0.1) is 10.2 Å². The van der Waals surface area contributed by atoms with Gasteiger partial charge in [-0.25, -0.2) is 4.79 Å². The van der Waals surface area contributed by atoms with Crippen LogP contribution >= 0.6 is 11.8 Å². The SMILES string of the molecule is CCC(C)C(NC(=O)CSc1nnc(-c2ccc(C)cc2)o1)C(=O)OC. The van der Waals surface area contributed by atoms with Crippen LogP contribution in [0.5, 0.6) is 0 Å². The standard InChI is InChI=1S/C18H23N3O4S/c1-5-12(3)15(17(23)24-4)19-14(22)10-26-18-21-20-16(25-18)13-8-6-11(2)7-9-13/h6-9,12,15H,5,10H2,1-4H3,(H,19,22). The lowest BCUT2D eigenvalue weighted by Crippen LogP contribution is -2.46. The summed E-state index contributed by atoms with van der Waals surface area (Å²) in [6.07, 6.45) is 0.747. The van der Waals surface area contributed by atoms with E-state index in [1.807, 2.05) is 45.0 Å². The summed E-state index contributed by atoms with van der Waals surface area (Å²) in [5.41, 5.74) is 1.96. The first kappa shape index (κ1) is 20.0. The zero-order chi connectivity index (χ0) is 19.1. The molecule has 0 aliphatic carbocycles. The second-order valence-corrected chi connectivity index (χ2v) is 6.91. The third kappa shape index (κ3) is 5.32. The molecule has 0 saturated heterocycles. The highest BCUT2D eigenvalue weighted by Gasteiger charge is 2.26. The van der Waals surface area contributed by atoms with E-state index in [4.69, 9.17) is 9.15 Å². The Bertz CT molecular complexity index is 745. The number of amides is 1. The van der Waals surface area contributed by atoms with Gasteiger partial charge in [-0.3, -0.25) is 4.79 Å². The summed E-state index contributed by atoms with van der Waals surface area (Å²) in [5, 5.41) is 10.9. The molecule has 0 aliphatic heterocycles. The molecular weight excluding hydrogens is 354 g/mol. The summed E-state index contributed by atoms with van der Waals surface area (Å²) in [7, 11) is 1.31. The fourth-order valence-electron chi connectivity index (χ4n) is 2.22. The summed E-state index contributed by atoms with van der Waals surface area (Å²) < 4.78 is 10.3. The first-order valence-corrected chi connectivity index (χ1v) is 9.33. The molecule has 2 aromatic rings. The second-order valence-electron chi connectivity index (χ2n) is 5.98. The maximum absolute atomic E-state index is 12.2. The highest BCUT2D eigenvalue weighted by Crippen LogP contribution is 2.23. The predicted molar refractivity (Wildman–Crippen MR) is 98.6 cm³/mol. The lowest BCUT2D eigenvalue weighted by atomic mass is 9.99. The minimum absolute atomic E-state index is 0.0204. The van der Waals surface area contributed by atoms with Crippen LogP contribution in [-0.2, 0) is 14.3 Å². The lowest BCUT2D eigenvalue weighted by Gasteiger charge is -2.21. The summed E-state index contributed by atoms with van der Waals surface area (Å²) in [6.45, 7) is 5.84. The third-order valence-corrected chi connectivity index (χ3v) is 4.83. The summed E-state index contributed by atoms with van der Waals surface area (Å²) in [5.74, 6) is -0.287. The molecule has 1 aromatic carbocycles. The van der Waals surface area contributed by atoms with Crippen molar-refractivity contribution >= 4 is 23.6 Å². The van der Waals surface area contributed by atoms with Crippen LogP contribution in [0.3, 0.4) is 0 Å². The van der Waals surface area contributed by atoms with Gasteiger partial charge in [0.05, 0.1) is 12.9 Å². The van der Waals surface area contributed by atoms with E-state index in [1.165, 1.54) is 7.11 Å². The average molecular weight is 377 g/mol. The number of thioether (sulfide) groups is 1. The molecule has 1 heterocycles. The van der Waals surface area contributed by atoms with Crippen molar-refractivity contribution in [1.29, 1.82) is 0 Å². The van der Waals surface area contributed by atoms with Crippen molar-refractivity contribution in [1.82, 2.24) is 15.5 Å². The van der Waals surface area contributed by atoms with Gasteiger partial charge in [0.1, 0.15) is 6.04 Å². The van der Waals surface area contributed by atoms with Gasteiger partial charge in [0.25, 0.3) is 5.22 Å². The molecule has 26 heavy (non-hydrogen) atoms. The van der Waals surface area contributed by atoms with Gasteiger partial charge < -0.3 is 14.5 Å². The minimum Gasteiger partial charge on any atom is -0.467 e. The van der Waals surface area contributed by atoms with E-state index in [2.05, 4.69) is 15.5 Å². The number of nitrogens with zero attached hydrogens (tertiary/aromatic N) is 2. The number of carbonyl (C=O) groups excluding carboxylic acids is 2. The molecule has 0 spiro atoms. The number of hydrogen-bond donors (Lipinski definition) is 1. The Balaban J connectivity index is 1.92. The number of nitrogens with one attached hydrogen (secondary N) is 1. The Morgan fingerprint density at radius 3 is 2.58 bits per heavy atom. The molecule has 2 rings (SSSR count). The second kappa shape index (κ2) is 9.38. The van der Waals surface area contributed by atoms with Crippen molar-refractivity contribution < 1.29 is 18.7 Å². The number of rotatable bonds is 8. The van der Waals surface area contributed by atoms with Crippen molar-refractivity contribution in [2.45, 2.75) is 38.5 Å². The molecule has 140 valence electrons. The lowest BCUT2D eigenvalue weighted by molar-refractivity contribution is -0.146. The van der Waals surface area contributed by atoms with E-state index in [0.29, 0.717) is 11.1 Å². The minimum atomic E-state index is -0.663. The highest BCUT2D eigenvalue weighted by molar-refractivity contribution is 7.99. The van der Waals surface area contributed by atoms with Crippen LogP contribution in [0.25, 0.3) is 11.5 Å². The monoisotopic (exact) mass is 377 g/mol. The molecule has 2 atom stereocenters. The van der Waals surface area contributed by atoms with E-state index < -0.39 is 12.0 Å². The summed E-state index contributed by atoms with van der Waals surface area (Å²) in [4.78, 5) is 24.0. The number of benzene rings is 1. The quantitative estimate of drug-likeness (QED) is 0.558. The van der Waals surface area contributed by atoms with Crippen LogP contribution in [-0.4, -0.2) is 41.0 Å². The van der Waals surface area contributed by atoms with Gasteiger partial charge in [-0.1, -0.05) is 49.7 Å². The molecule has 0 fully saturated rings. The first-order chi connectivity index (χ1) is 12.4. The number of esters is 1. The van der Waals surface area contributed by atoms with Crippen molar-refractivity contribution in [2.75, 3.05) is 12.9 Å². The maximum atomic E-state index is 12.2. The maximum Gasteiger partial charge on any atom is 0.328 e. The van der Waals surface area contributed by atoms with Crippen molar-refractivity contribution in [2.24, 2.45) is 5.92 Å². The van der Waals surface area contributed by atoms with E-state index in [9.17, 15) is 9.59 Å². The number of aryl methyl sites for hydroxylation is 1. The highest BCUT2D eigenvalue weighted by atomic mass is 32.2. The molecule has 1 aromatic heterocycles. The summed E-state index contributed by atoms with van der Waals surface area (Å²) >= 11 is 1.12. The van der Waals surface area contributed by atoms with Crippen molar-refractivity contribution in [3.05, 3.63) is 29.8 Å². The van der Waals surface area contributed by atoms with E-state index in [0.717, 1.165) is 29.3 Å². The van der Waals surface area contributed by atoms with Gasteiger partial charge in [0.15, 0.2) is 0 Å². The number of hydrogen-bond acceptors (Lipinski definition) is 7. The molecule has 2 unspecified atom stereocenters. The predicted octanol–water partition coefficient (Wildman–Crippen LogP) is 2.84. The molecule has 0 bridgehead atoms. The fourth-order valence-corrected chi connectivity index (χ4v) is 2.79. The first-order valence-electron chi connectivity index (χ1n) is 8.35. The van der Waals surface area contributed by atoms with Crippen LogP contribution in [0.2, 0.25) is 0 Å². The number of methoxy groups -OCH3 is 1. The zero-order valence-corrected chi connectivity index (χ0v) is 16.1. The Morgan fingerprint density at radius 2 is 1.96 bits per heavy atom. The van der Waals surface area contributed by atoms with Crippen LogP contribution in [0.4, 0.5) is 0 Å². The normalized spacial score (nSPS) is 13.1. The molecular formula is C18H23N3O4S. The topological polar surface area (TPSA) is 94.3 Å². The van der Waals surface area contributed by atoms with Gasteiger partial charge in [0, 0.05) is 5.56 Å². The number of aromatic nitrogens is 2. The molecule has 1 amide bonds. The average Bonchev–Trinajstić information content (AvgIpc) is 3.12. The zero-order valence-electron chi connectivity index (χ0n) is 15.3. The fraction of sp³-hybridized carbons (Fsp3) is 0.444. The number of ether oxygens (including phenoxy) is 1. The Morgan fingerprint density at radius 1 is 1.27 bits per heavy atom. The summed E-state index contributed by atoms with van der Waals surface area (Å²) in [6, 6.07) is 7.06.